The fourth-order valence-corrected chi connectivity index (χ4v) is 2.26. The Balaban J connectivity index is 1.88. The smallest absolute Gasteiger partial charge is 0.223 e. The lowest BCUT2D eigenvalue weighted by atomic mass is 10.2. The molecular formula is C13H17FN2O2. The van der Waals surface area contributed by atoms with Gasteiger partial charge >= 0.3 is 0 Å². The molecule has 1 aliphatic rings. The van der Waals surface area contributed by atoms with Gasteiger partial charge in [-0.15, -0.1) is 0 Å². The number of likely N-dealkylation sites (tertiary alicyclic amines) is 1. The van der Waals surface area contributed by atoms with E-state index in [1.54, 1.807) is 6.20 Å². The van der Waals surface area contributed by atoms with Gasteiger partial charge in [0.2, 0.25) is 5.91 Å². The molecule has 1 amide bonds. The summed E-state index contributed by atoms with van der Waals surface area (Å²) in [6.45, 7) is -0.0674. The molecule has 1 aliphatic heterocycles. The second kappa shape index (κ2) is 5.91. The third kappa shape index (κ3) is 3.04. The number of rotatable bonds is 4. The number of aromatic nitrogens is 1. The molecular weight excluding hydrogens is 235 g/mol. The number of hydrogen-bond donors (Lipinski definition) is 1. The van der Waals surface area contributed by atoms with Crippen LogP contribution in [0.25, 0.3) is 0 Å². The van der Waals surface area contributed by atoms with Crippen molar-refractivity contribution >= 4 is 5.91 Å². The largest absolute Gasteiger partial charge is 0.394 e. The van der Waals surface area contributed by atoms with E-state index in [-0.39, 0.29) is 31.5 Å². The number of pyridine rings is 1. The number of nitrogens with zero attached hydrogens (tertiary/aromatic N) is 2. The Labute approximate surface area is 105 Å². The molecule has 1 N–H and O–H groups in total. The van der Waals surface area contributed by atoms with Crippen LogP contribution >= 0.6 is 0 Å². The van der Waals surface area contributed by atoms with Gasteiger partial charge in [0, 0.05) is 24.7 Å². The van der Waals surface area contributed by atoms with E-state index in [0.717, 1.165) is 5.69 Å². The molecule has 0 spiro atoms. The average molecular weight is 252 g/mol. The first-order valence-electron chi connectivity index (χ1n) is 6.15. The van der Waals surface area contributed by atoms with Crippen molar-refractivity contribution in [2.24, 2.45) is 0 Å². The van der Waals surface area contributed by atoms with E-state index in [0.29, 0.717) is 12.8 Å². The zero-order valence-corrected chi connectivity index (χ0v) is 10.1. The summed E-state index contributed by atoms with van der Waals surface area (Å²) < 4.78 is 13.2. The minimum absolute atomic E-state index is 0.103. The van der Waals surface area contributed by atoms with Crippen LogP contribution < -0.4 is 0 Å². The molecule has 0 unspecified atom stereocenters. The molecule has 1 aromatic rings. The standard InChI is InChI=1S/C13H17FN2O2/c14-10-7-12(9-17)16(8-10)13(18)5-4-11-3-1-2-6-15-11/h1-3,6,10,12,17H,4-5,7-9H2/t10-,12-/m0/s1. The van der Waals surface area contributed by atoms with E-state index >= 15 is 0 Å². The van der Waals surface area contributed by atoms with Gasteiger partial charge in [-0.05, 0) is 18.6 Å². The third-order valence-electron chi connectivity index (χ3n) is 3.22. The van der Waals surface area contributed by atoms with Gasteiger partial charge < -0.3 is 10.0 Å². The molecule has 4 nitrogen and oxygen atoms in total. The summed E-state index contributed by atoms with van der Waals surface area (Å²) in [6.07, 6.45) is 1.77. The second-order valence-electron chi connectivity index (χ2n) is 4.54. The van der Waals surface area contributed by atoms with Gasteiger partial charge in [-0.1, -0.05) is 6.07 Å². The van der Waals surface area contributed by atoms with Crippen LogP contribution in [0, 0.1) is 0 Å². The first-order valence-corrected chi connectivity index (χ1v) is 6.15. The van der Waals surface area contributed by atoms with Crippen molar-refractivity contribution in [3.05, 3.63) is 30.1 Å². The summed E-state index contributed by atoms with van der Waals surface area (Å²) in [4.78, 5) is 17.5. The van der Waals surface area contributed by atoms with Crippen LogP contribution in [-0.2, 0) is 11.2 Å². The average Bonchev–Trinajstić information content (AvgIpc) is 2.78. The Kier molecular flexibility index (Phi) is 4.25. The molecule has 2 atom stereocenters. The molecule has 5 heteroatoms. The molecule has 0 aliphatic carbocycles. The van der Waals surface area contributed by atoms with Crippen LogP contribution in [0.5, 0.6) is 0 Å². The van der Waals surface area contributed by atoms with Gasteiger partial charge in [-0.25, -0.2) is 4.39 Å². The van der Waals surface area contributed by atoms with Crippen LogP contribution in [0.2, 0.25) is 0 Å². The lowest BCUT2D eigenvalue weighted by Crippen LogP contribution is -2.38. The molecule has 1 saturated heterocycles. The van der Waals surface area contributed by atoms with Crippen LogP contribution in [0.15, 0.2) is 24.4 Å². The van der Waals surface area contributed by atoms with E-state index < -0.39 is 6.17 Å². The molecule has 18 heavy (non-hydrogen) atoms. The number of carbonyl (C=O) groups excluding carboxylic acids is 1. The van der Waals surface area contributed by atoms with E-state index in [1.165, 1.54) is 4.90 Å². The van der Waals surface area contributed by atoms with Crippen LogP contribution in [0.1, 0.15) is 18.5 Å². The van der Waals surface area contributed by atoms with Crippen LogP contribution in [0.4, 0.5) is 4.39 Å². The fourth-order valence-electron chi connectivity index (χ4n) is 2.26. The molecule has 0 radical (unpaired) electrons. The number of amides is 1. The zero-order chi connectivity index (χ0) is 13.0. The summed E-state index contributed by atoms with van der Waals surface area (Å²) in [5.74, 6) is -0.111. The number of aliphatic hydroxyl groups is 1. The van der Waals surface area contributed by atoms with E-state index in [2.05, 4.69) is 4.98 Å². The van der Waals surface area contributed by atoms with Crippen LogP contribution in [0.3, 0.4) is 0 Å². The molecule has 2 heterocycles. The number of carbonyl (C=O) groups is 1. The molecule has 2 rings (SSSR count). The highest BCUT2D eigenvalue weighted by Crippen LogP contribution is 2.21. The van der Waals surface area contributed by atoms with E-state index in [1.807, 2.05) is 18.2 Å². The van der Waals surface area contributed by atoms with Gasteiger partial charge in [0.25, 0.3) is 0 Å². The van der Waals surface area contributed by atoms with Gasteiger partial charge in [0.1, 0.15) is 6.17 Å². The van der Waals surface area contributed by atoms with Gasteiger partial charge in [0.05, 0.1) is 19.2 Å². The summed E-state index contributed by atoms with van der Waals surface area (Å²) in [7, 11) is 0. The first-order chi connectivity index (χ1) is 8.70. The summed E-state index contributed by atoms with van der Waals surface area (Å²) >= 11 is 0. The quantitative estimate of drug-likeness (QED) is 0.868. The third-order valence-corrected chi connectivity index (χ3v) is 3.22. The Hall–Kier alpha value is -1.49. The maximum Gasteiger partial charge on any atom is 0.223 e. The van der Waals surface area contributed by atoms with Crippen molar-refractivity contribution in [1.82, 2.24) is 9.88 Å². The predicted molar refractivity (Wildman–Crippen MR) is 64.7 cm³/mol. The van der Waals surface area contributed by atoms with E-state index in [9.17, 15) is 9.18 Å². The van der Waals surface area contributed by atoms with Crippen molar-refractivity contribution in [3.63, 3.8) is 0 Å². The molecule has 1 aromatic heterocycles. The first kappa shape index (κ1) is 13.0. The second-order valence-corrected chi connectivity index (χ2v) is 4.54. The number of aliphatic hydroxyl groups excluding tert-OH is 1. The van der Waals surface area contributed by atoms with Crippen molar-refractivity contribution in [2.75, 3.05) is 13.2 Å². The number of alkyl halides is 1. The summed E-state index contributed by atoms with van der Waals surface area (Å²) in [6, 6.07) is 5.19. The molecule has 1 fully saturated rings. The Morgan fingerprint density at radius 2 is 2.39 bits per heavy atom. The highest BCUT2D eigenvalue weighted by molar-refractivity contribution is 5.77. The van der Waals surface area contributed by atoms with Crippen molar-refractivity contribution in [3.8, 4) is 0 Å². The predicted octanol–water partition coefficient (Wildman–Crippen LogP) is 0.946. The van der Waals surface area contributed by atoms with Gasteiger partial charge in [-0.2, -0.15) is 0 Å². The van der Waals surface area contributed by atoms with Gasteiger partial charge in [0.15, 0.2) is 0 Å². The lowest BCUT2D eigenvalue weighted by molar-refractivity contribution is -0.132. The summed E-state index contributed by atoms with van der Waals surface area (Å²) in [5, 5.41) is 9.12. The monoisotopic (exact) mass is 252 g/mol. The van der Waals surface area contributed by atoms with E-state index in [4.69, 9.17) is 5.11 Å². The number of halogens is 1. The number of aryl methyl sites for hydroxylation is 1. The highest BCUT2D eigenvalue weighted by Gasteiger charge is 2.34. The molecule has 0 saturated carbocycles. The minimum atomic E-state index is -1.01. The molecule has 0 aromatic carbocycles. The maximum absolute atomic E-state index is 13.2. The lowest BCUT2D eigenvalue weighted by Gasteiger charge is -2.22. The fraction of sp³-hybridized carbons (Fsp3) is 0.538. The van der Waals surface area contributed by atoms with Gasteiger partial charge in [-0.3, -0.25) is 9.78 Å². The molecule has 98 valence electrons. The maximum atomic E-state index is 13.2. The Morgan fingerprint density at radius 1 is 1.56 bits per heavy atom. The topological polar surface area (TPSA) is 53.4 Å². The Morgan fingerprint density at radius 3 is 3.06 bits per heavy atom. The number of hydrogen-bond acceptors (Lipinski definition) is 3. The normalized spacial score (nSPS) is 23.3. The SMILES string of the molecule is O=C(CCc1ccccn1)N1C[C@@H](F)C[C@H]1CO. The Bertz CT molecular complexity index is 399. The summed E-state index contributed by atoms with van der Waals surface area (Å²) in [5.41, 5.74) is 0.849. The van der Waals surface area contributed by atoms with Crippen molar-refractivity contribution in [2.45, 2.75) is 31.5 Å². The molecule has 0 bridgehead atoms. The zero-order valence-electron chi connectivity index (χ0n) is 10.1. The highest BCUT2D eigenvalue weighted by atomic mass is 19.1. The van der Waals surface area contributed by atoms with Crippen LogP contribution in [-0.4, -0.2) is 46.3 Å². The van der Waals surface area contributed by atoms with Crippen molar-refractivity contribution < 1.29 is 14.3 Å². The minimum Gasteiger partial charge on any atom is -0.394 e. The van der Waals surface area contributed by atoms with Crippen molar-refractivity contribution in [1.29, 1.82) is 0 Å².